The maximum Gasteiger partial charge on any atom is 0.243 e. The quantitative estimate of drug-likeness (QED) is 0.702. The fourth-order valence-corrected chi connectivity index (χ4v) is 3.33. The second-order valence-corrected chi connectivity index (χ2v) is 7.07. The van der Waals surface area contributed by atoms with Gasteiger partial charge in [0.15, 0.2) is 0 Å². The minimum Gasteiger partial charge on any atom is -0.383 e. The number of likely N-dealkylation sites (N-methyl/N-ethyl adjacent to an activating group) is 2. The van der Waals surface area contributed by atoms with Crippen LogP contribution in [0, 0.1) is 0 Å². The normalized spacial score (nSPS) is 13.6. The number of rotatable bonds is 9. The summed E-state index contributed by atoms with van der Waals surface area (Å²) in [7, 11) is -0.318. The van der Waals surface area contributed by atoms with E-state index in [0.29, 0.717) is 11.5 Å². The first-order valence-electron chi connectivity index (χ1n) is 7.20. The second kappa shape index (κ2) is 8.48. The van der Waals surface area contributed by atoms with Crippen LogP contribution < -0.4 is 5.32 Å². The van der Waals surface area contributed by atoms with Crippen LogP contribution in [-0.4, -0.2) is 52.6 Å². The summed E-state index contributed by atoms with van der Waals surface area (Å²) < 4.78 is 31.3. The van der Waals surface area contributed by atoms with E-state index in [-0.39, 0.29) is 6.04 Å². The fraction of sp³-hybridized carbons (Fsp3) is 0.600. The average Bonchev–Trinajstić information content (AvgIpc) is 2.47. The van der Waals surface area contributed by atoms with Gasteiger partial charge in [-0.2, -0.15) is 4.31 Å². The van der Waals surface area contributed by atoms with E-state index in [4.69, 9.17) is 4.74 Å². The zero-order valence-corrected chi connectivity index (χ0v) is 14.1. The van der Waals surface area contributed by atoms with E-state index in [9.17, 15) is 8.42 Å². The van der Waals surface area contributed by atoms with Crippen molar-refractivity contribution in [3.63, 3.8) is 0 Å². The topological polar surface area (TPSA) is 58.6 Å². The van der Waals surface area contributed by atoms with Gasteiger partial charge in [-0.3, -0.25) is 0 Å². The molecule has 120 valence electrons. The van der Waals surface area contributed by atoms with Crippen molar-refractivity contribution in [1.82, 2.24) is 9.62 Å². The molecule has 1 atom stereocenters. The highest BCUT2D eigenvalue weighted by Gasteiger charge is 2.25. The number of benzene rings is 1. The Morgan fingerprint density at radius 1 is 1.29 bits per heavy atom. The van der Waals surface area contributed by atoms with Crippen LogP contribution in [0.25, 0.3) is 0 Å². The number of methoxy groups -OCH3 is 1. The van der Waals surface area contributed by atoms with Gasteiger partial charge in [0.25, 0.3) is 0 Å². The maximum atomic E-state index is 12.5. The molecular formula is C15H26N2O3S. The molecule has 0 fully saturated rings. The maximum absolute atomic E-state index is 12.5. The van der Waals surface area contributed by atoms with Crippen LogP contribution in [0.2, 0.25) is 0 Å². The number of hydrogen-bond acceptors (Lipinski definition) is 4. The Bertz CT molecular complexity index is 514. The molecular weight excluding hydrogens is 288 g/mol. The average molecular weight is 314 g/mol. The number of nitrogens with one attached hydrogen (secondary N) is 1. The Morgan fingerprint density at radius 2 is 1.90 bits per heavy atom. The minimum atomic E-state index is -3.46. The molecule has 0 spiro atoms. The Kier molecular flexibility index (Phi) is 7.31. The van der Waals surface area contributed by atoms with Gasteiger partial charge in [-0.1, -0.05) is 19.1 Å². The molecule has 1 aromatic rings. The molecule has 0 aliphatic carbocycles. The van der Waals surface area contributed by atoms with Crippen LogP contribution in [-0.2, 0) is 21.2 Å². The molecule has 1 rings (SSSR count). The van der Waals surface area contributed by atoms with E-state index in [1.807, 2.05) is 19.1 Å². The molecule has 21 heavy (non-hydrogen) atoms. The molecule has 0 amide bonds. The van der Waals surface area contributed by atoms with Gasteiger partial charge in [0.05, 0.1) is 11.5 Å². The molecule has 0 bridgehead atoms. The van der Waals surface area contributed by atoms with Gasteiger partial charge in [0.2, 0.25) is 10.0 Å². The summed E-state index contributed by atoms with van der Waals surface area (Å²) in [5, 5.41) is 3.25. The van der Waals surface area contributed by atoms with Gasteiger partial charge in [-0.05, 0) is 44.1 Å². The zero-order valence-electron chi connectivity index (χ0n) is 13.3. The standard InChI is InChI=1S/C15H26N2O3S/c1-5-16-11-10-14-6-8-15(9-7-14)21(18,19)17(3)13(2)12-20-4/h6-9,13,16H,5,10-12H2,1-4H3. The number of ether oxygens (including phenoxy) is 1. The van der Waals surface area contributed by atoms with Crippen molar-refractivity contribution in [2.75, 3.05) is 33.9 Å². The highest BCUT2D eigenvalue weighted by Crippen LogP contribution is 2.17. The summed E-state index contributed by atoms with van der Waals surface area (Å²) in [6.07, 6.45) is 0.893. The van der Waals surface area contributed by atoms with Crippen molar-refractivity contribution in [2.45, 2.75) is 31.2 Å². The predicted octanol–water partition coefficient (Wildman–Crippen LogP) is 1.49. The van der Waals surface area contributed by atoms with E-state index in [0.717, 1.165) is 25.1 Å². The van der Waals surface area contributed by atoms with Crippen molar-refractivity contribution in [1.29, 1.82) is 0 Å². The van der Waals surface area contributed by atoms with E-state index in [1.165, 1.54) is 4.31 Å². The molecule has 0 heterocycles. The summed E-state index contributed by atoms with van der Waals surface area (Å²) >= 11 is 0. The Balaban J connectivity index is 2.79. The first-order chi connectivity index (χ1) is 9.93. The number of nitrogens with zero attached hydrogens (tertiary/aromatic N) is 1. The molecule has 0 radical (unpaired) electrons. The van der Waals surface area contributed by atoms with Crippen molar-refractivity contribution in [3.8, 4) is 0 Å². The Morgan fingerprint density at radius 3 is 2.43 bits per heavy atom. The molecule has 1 unspecified atom stereocenters. The SMILES string of the molecule is CCNCCc1ccc(S(=O)(=O)N(C)C(C)COC)cc1. The lowest BCUT2D eigenvalue weighted by atomic mass is 10.1. The summed E-state index contributed by atoms with van der Waals surface area (Å²) in [5.74, 6) is 0. The Labute approximate surface area is 128 Å². The van der Waals surface area contributed by atoms with Gasteiger partial charge in [0.1, 0.15) is 0 Å². The Hall–Kier alpha value is -0.950. The molecule has 5 nitrogen and oxygen atoms in total. The smallest absolute Gasteiger partial charge is 0.243 e. The van der Waals surface area contributed by atoms with Gasteiger partial charge in [-0.25, -0.2) is 8.42 Å². The molecule has 0 aliphatic rings. The highest BCUT2D eigenvalue weighted by molar-refractivity contribution is 7.89. The molecule has 6 heteroatoms. The monoisotopic (exact) mass is 314 g/mol. The first kappa shape index (κ1) is 18.1. The zero-order chi connectivity index (χ0) is 15.9. The van der Waals surface area contributed by atoms with Crippen LogP contribution >= 0.6 is 0 Å². The third kappa shape index (κ3) is 5.07. The van der Waals surface area contributed by atoms with Crippen LogP contribution in [0.3, 0.4) is 0 Å². The van der Waals surface area contributed by atoms with Crippen LogP contribution in [0.4, 0.5) is 0 Å². The van der Waals surface area contributed by atoms with Crippen molar-refractivity contribution in [2.24, 2.45) is 0 Å². The molecule has 0 aliphatic heterocycles. The molecule has 1 aromatic carbocycles. The largest absolute Gasteiger partial charge is 0.383 e. The number of sulfonamides is 1. The molecule has 0 aromatic heterocycles. The van der Waals surface area contributed by atoms with Gasteiger partial charge >= 0.3 is 0 Å². The lowest BCUT2D eigenvalue weighted by Crippen LogP contribution is -2.37. The van der Waals surface area contributed by atoms with Crippen LogP contribution in [0.1, 0.15) is 19.4 Å². The van der Waals surface area contributed by atoms with Crippen molar-refractivity contribution < 1.29 is 13.2 Å². The third-order valence-corrected chi connectivity index (χ3v) is 5.46. The summed E-state index contributed by atoms with van der Waals surface area (Å²) in [6, 6.07) is 6.89. The van der Waals surface area contributed by atoms with Crippen LogP contribution in [0.15, 0.2) is 29.2 Å². The van der Waals surface area contributed by atoms with E-state index < -0.39 is 10.0 Å². The molecule has 1 N–H and O–H groups in total. The van der Waals surface area contributed by atoms with Gasteiger partial charge in [0, 0.05) is 20.2 Å². The number of hydrogen-bond donors (Lipinski definition) is 1. The fourth-order valence-electron chi connectivity index (χ4n) is 1.99. The second-order valence-electron chi connectivity index (χ2n) is 5.07. The molecule has 0 saturated heterocycles. The summed E-state index contributed by atoms with van der Waals surface area (Å²) in [6.45, 7) is 6.09. The van der Waals surface area contributed by atoms with Crippen LogP contribution in [0.5, 0.6) is 0 Å². The lowest BCUT2D eigenvalue weighted by Gasteiger charge is -2.23. The highest BCUT2D eigenvalue weighted by atomic mass is 32.2. The van der Waals surface area contributed by atoms with E-state index in [1.54, 1.807) is 26.3 Å². The van der Waals surface area contributed by atoms with E-state index in [2.05, 4.69) is 12.2 Å². The predicted molar refractivity (Wildman–Crippen MR) is 85.0 cm³/mol. The third-order valence-electron chi connectivity index (χ3n) is 3.47. The summed E-state index contributed by atoms with van der Waals surface area (Å²) in [4.78, 5) is 0.320. The lowest BCUT2D eigenvalue weighted by molar-refractivity contribution is 0.149. The van der Waals surface area contributed by atoms with Gasteiger partial charge in [-0.15, -0.1) is 0 Å². The van der Waals surface area contributed by atoms with Crippen molar-refractivity contribution >= 4 is 10.0 Å². The van der Waals surface area contributed by atoms with Crippen molar-refractivity contribution in [3.05, 3.63) is 29.8 Å². The first-order valence-corrected chi connectivity index (χ1v) is 8.64. The van der Waals surface area contributed by atoms with Gasteiger partial charge < -0.3 is 10.1 Å². The minimum absolute atomic E-state index is 0.201. The van der Waals surface area contributed by atoms with E-state index >= 15 is 0 Å². The summed E-state index contributed by atoms with van der Waals surface area (Å²) in [5.41, 5.74) is 1.13. The molecule has 0 saturated carbocycles.